The van der Waals surface area contributed by atoms with E-state index in [-0.39, 0.29) is 11.0 Å². The van der Waals surface area contributed by atoms with Crippen LogP contribution >= 0.6 is 0 Å². The monoisotopic (exact) mass is 484 g/mol. The van der Waals surface area contributed by atoms with Crippen molar-refractivity contribution in [3.63, 3.8) is 0 Å². The van der Waals surface area contributed by atoms with Gasteiger partial charge in [-0.05, 0) is 77.6 Å². The van der Waals surface area contributed by atoms with Crippen LogP contribution in [0.25, 0.3) is 17.2 Å². The molecule has 1 unspecified atom stereocenters. The van der Waals surface area contributed by atoms with Gasteiger partial charge in [0.1, 0.15) is 5.60 Å². The average molecular weight is 485 g/mol. The molecule has 1 fully saturated rings. The van der Waals surface area contributed by atoms with Crippen LogP contribution < -0.4 is 0 Å². The Morgan fingerprint density at radius 3 is 2.25 bits per heavy atom. The number of benzene rings is 3. The third kappa shape index (κ3) is 5.49. The van der Waals surface area contributed by atoms with Crippen molar-refractivity contribution in [1.29, 1.82) is 0 Å². The molecular weight excluding hydrogens is 444 g/mol. The fourth-order valence-electron chi connectivity index (χ4n) is 5.37. The lowest BCUT2D eigenvalue weighted by molar-refractivity contribution is -0.271. The summed E-state index contributed by atoms with van der Waals surface area (Å²) in [7, 11) is 1.55. The molecule has 1 aliphatic rings. The fourth-order valence-corrected chi connectivity index (χ4v) is 5.37. The van der Waals surface area contributed by atoms with Crippen LogP contribution in [0.4, 0.5) is 0 Å². The topological polar surface area (TPSA) is 31.0 Å². The van der Waals surface area contributed by atoms with Crippen molar-refractivity contribution in [3.8, 4) is 11.1 Å². The van der Waals surface area contributed by atoms with Crippen LogP contribution in [0.1, 0.15) is 67.9 Å². The number of ether oxygens (including phenoxy) is 1. The first-order valence-electron chi connectivity index (χ1n) is 13.3. The molecule has 3 nitrogen and oxygen atoms in total. The Kier molecular flexibility index (Phi) is 8.46. The van der Waals surface area contributed by atoms with Gasteiger partial charge in [-0.3, -0.25) is 0 Å². The SMILES string of the molecule is CCC1(/C=C/c2ccc(C(CC)(CC)c3ccc(-c4ccccc4CCOOC)cc3)cc2C)CO1. The molecule has 1 heterocycles. The lowest BCUT2D eigenvalue weighted by atomic mass is 9.70. The summed E-state index contributed by atoms with van der Waals surface area (Å²) < 4.78 is 5.65. The Bertz CT molecular complexity index is 1170. The second kappa shape index (κ2) is 11.6. The molecular formula is C33H40O3. The molecule has 4 rings (SSSR count). The molecule has 0 radical (unpaired) electrons. The minimum absolute atomic E-state index is 0.0123. The summed E-state index contributed by atoms with van der Waals surface area (Å²) in [6, 6.07) is 24.7. The second-order valence-electron chi connectivity index (χ2n) is 9.87. The van der Waals surface area contributed by atoms with Gasteiger partial charge in [-0.15, -0.1) is 0 Å². The first kappa shape index (κ1) is 26.3. The van der Waals surface area contributed by atoms with Gasteiger partial charge in [-0.2, -0.15) is 0 Å². The molecule has 0 saturated carbocycles. The summed E-state index contributed by atoms with van der Waals surface area (Å²) in [6.07, 6.45) is 8.41. The van der Waals surface area contributed by atoms with E-state index < -0.39 is 0 Å². The fraction of sp³-hybridized carbons (Fsp3) is 0.394. The average Bonchev–Trinajstić information content (AvgIpc) is 3.70. The normalized spacial score (nSPS) is 17.6. The molecule has 3 aromatic rings. The van der Waals surface area contributed by atoms with Crippen molar-refractivity contribution in [3.05, 3.63) is 101 Å². The first-order chi connectivity index (χ1) is 17.5. The maximum absolute atomic E-state index is 5.65. The summed E-state index contributed by atoms with van der Waals surface area (Å²) in [5.41, 5.74) is 9.05. The standard InChI is InChI=1S/C33H40O3/c1-6-32(24-35-32)21-19-26-13-18-30(23-25(26)4)33(7-2,8-3)29-16-14-28(15-17-29)31-12-10-9-11-27(31)20-22-36-34-5/h9-19,21,23H,6-8,20,22,24H2,1-5H3/b21-19+. The minimum Gasteiger partial charge on any atom is -0.365 e. The highest BCUT2D eigenvalue weighted by atomic mass is 17.2. The Morgan fingerprint density at radius 2 is 1.64 bits per heavy atom. The van der Waals surface area contributed by atoms with E-state index in [0.717, 1.165) is 32.3 Å². The first-order valence-corrected chi connectivity index (χ1v) is 13.3. The van der Waals surface area contributed by atoms with E-state index in [9.17, 15) is 0 Å². The van der Waals surface area contributed by atoms with Gasteiger partial charge in [0.05, 0.1) is 20.3 Å². The third-order valence-corrected chi connectivity index (χ3v) is 8.05. The molecule has 3 aromatic carbocycles. The third-order valence-electron chi connectivity index (χ3n) is 8.05. The molecule has 1 atom stereocenters. The summed E-state index contributed by atoms with van der Waals surface area (Å²) in [4.78, 5) is 9.89. The van der Waals surface area contributed by atoms with Crippen molar-refractivity contribution in [2.75, 3.05) is 20.3 Å². The van der Waals surface area contributed by atoms with Crippen molar-refractivity contribution >= 4 is 6.08 Å². The molecule has 1 aliphatic heterocycles. The van der Waals surface area contributed by atoms with Crippen molar-refractivity contribution < 1.29 is 14.5 Å². The summed E-state index contributed by atoms with van der Waals surface area (Å²) in [6.45, 7) is 10.4. The van der Waals surface area contributed by atoms with Gasteiger partial charge in [0.15, 0.2) is 0 Å². The van der Waals surface area contributed by atoms with E-state index in [2.05, 4.69) is 107 Å². The molecule has 36 heavy (non-hydrogen) atoms. The number of epoxide rings is 1. The molecule has 0 amide bonds. The van der Waals surface area contributed by atoms with Gasteiger partial charge in [0, 0.05) is 5.41 Å². The molecule has 0 N–H and O–H groups in total. The Balaban J connectivity index is 1.62. The minimum atomic E-state index is -0.0289. The predicted molar refractivity (Wildman–Crippen MR) is 149 cm³/mol. The number of rotatable bonds is 12. The van der Waals surface area contributed by atoms with E-state index in [1.807, 2.05) is 0 Å². The largest absolute Gasteiger partial charge is 0.365 e. The number of aryl methyl sites for hydroxylation is 1. The van der Waals surface area contributed by atoms with E-state index in [0.29, 0.717) is 6.61 Å². The van der Waals surface area contributed by atoms with Gasteiger partial charge < -0.3 is 4.74 Å². The zero-order valence-electron chi connectivity index (χ0n) is 22.5. The molecule has 3 heteroatoms. The Labute approximate surface area is 217 Å². The summed E-state index contributed by atoms with van der Waals surface area (Å²) in [5, 5.41) is 0. The van der Waals surface area contributed by atoms with Crippen LogP contribution in [0, 0.1) is 6.92 Å². The quantitative estimate of drug-likeness (QED) is 0.113. The Morgan fingerprint density at radius 1 is 0.944 bits per heavy atom. The van der Waals surface area contributed by atoms with Gasteiger partial charge in [0.2, 0.25) is 0 Å². The van der Waals surface area contributed by atoms with Crippen molar-refractivity contribution in [1.82, 2.24) is 0 Å². The van der Waals surface area contributed by atoms with E-state index >= 15 is 0 Å². The predicted octanol–water partition coefficient (Wildman–Crippen LogP) is 8.08. The molecule has 0 aliphatic carbocycles. The zero-order valence-corrected chi connectivity index (χ0v) is 22.5. The van der Waals surface area contributed by atoms with Gasteiger partial charge >= 0.3 is 0 Å². The lowest BCUT2D eigenvalue weighted by Crippen LogP contribution is -2.26. The Hall–Kier alpha value is -2.72. The van der Waals surface area contributed by atoms with Gasteiger partial charge in [-0.25, -0.2) is 9.78 Å². The maximum Gasteiger partial charge on any atom is 0.110 e. The van der Waals surface area contributed by atoms with Crippen LogP contribution in [-0.2, 0) is 26.3 Å². The van der Waals surface area contributed by atoms with E-state index in [4.69, 9.17) is 14.5 Å². The molecule has 1 saturated heterocycles. The van der Waals surface area contributed by atoms with E-state index in [1.165, 1.54) is 38.9 Å². The van der Waals surface area contributed by atoms with Crippen LogP contribution in [0.2, 0.25) is 0 Å². The summed E-state index contributed by atoms with van der Waals surface area (Å²) >= 11 is 0. The maximum atomic E-state index is 5.65. The molecule has 0 spiro atoms. The van der Waals surface area contributed by atoms with Crippen molar-refractivity contribution in [2.45, 2.75) is 64.4 Å². The molecule has 190 valence electrons. The smallest absolute Gasteiger partial charge is 0.110 e. The molecule has 0 bridgehead atoms. The number of hydrogen-bond acceptors (Lipinski definition) is 3. The highest BCUT2D eigenvalue weighted by molar-refractivity contribution is 5.68. The van der Waals surface area contributed by atoms with Crippen LogP contribution in [0.15, 0.2) is 72.8 Å². The van der Waals surface area contributed by atoms with Crippen LogP contribution in [0.3, 0.4) is 0 Å². The highest BCUT2D eigenvalue weighted by Crippen LogP contribution is 2.41. The summed E-state index contributed by atoms with van der Waals surface area (Å²) in [5.74, 6) is 0. The lowest BCUT2D eigenvalue weighted by Gasteiger charge is -2.34. The van der Waals surface area contributed by atoms with Gasteiger partial charge in [-0.1, -0.05) is 93.6 Å². The van der Waals surface area contributed by atoms with Crippen LogP contribution in [0.5, 0.6) is 0 Å². The van der Waals surface area contributed by atoms with Crippen molar-refractivity contribution in [2.24, 2.45) is 0 Å². The zero-order chi connectivity index (χ0) is 25.6. The second-order valence-corrected chi connectivity index (χ2v) is 9.87. The van der Waals surface area contributed by atoms with Gasteiger partial charge in [0.25, 0.3) is 0 Å². The highest BCUT2D eigenvalue weighted by Gasteiger charge is 2.39. The molecule has 0 aromatic heterocycles. The number of hydrogen-bond donors (Lipinski definition) is 0. The van der Waals surface area contributed by atoms with Crippen LogP contribution in [-0.4, -0.2) is 25.9 Å². The van der Waals surface area contributed by atoms with E-state index in [1.54, 1.807) is 7.11 Å².